The van der Waals surface area contributed by atoms with E-state index in [2.05, 4.69) is 5.32 Å². The van der Waals surface area contributed by atoms with Gasteiger partial charge in [-0.3, -0.25) is 9.59 Å². The van der Waals surface area contributed by atoms with E-state index in [1.807, 2.05) is 13.8 Å². The lowest BCUT2D eigenvalue weighted by Crippen LogP contribution is -2.45. The Balaban J connectivity index is 2.84. The second-order valence-electron chi connectivity index (χ2n) is 4.68. The van der Waals surface area contributed by atoms with Crippen LogP contribution in [0.25, 0.3) is 0 Å². The van der Waals surface area contributed by atoms with E-state index in [9.17, 15) is 18.4 Å². The summed E-state index contributed by atoms with van der Waals surface area (Å²) in [6.07, 6.45) is 0.351. The Morgan fingerprint density at radius 3 is 2.42 bits per heavy atom. The monoisotopic (exact) mass is 270 g/mol. The average Bonchev–Trinajstić information content (AvgIpc) is 2.26. The van der Waals surface area contributed by atoms with Gasteiger partial charge in [0.15, 0.2) is 0 Å². The zero-order chi connectivity index (χ0) is 14.6. The highest BCUT2D eigenvalue weighted by molar-refractivity contribution is 5.97. The lowest BCUT2D eigenvalue weighted by Gasteiger charge is -2.17. The number of halogens is 2. The lowest BCUT2D eigenvalue weighted by atomic mass is 10.0. The summed E-state index contributed by atoms with van der Waals surface area (Å²) in [4.78, 5) is 23.0. The summed E-state index contributed by atoms with van der Waals surface area (Å²) in [5, 5.41) is 2.35. The average molecular weight is 270 g/mol. The molecule has 0 radical (unpaired) electrons. The van der Waals surface area contributed by atoms with Crippen molar-refractivity contribution in [2.75, 3.05) is 0 Å². The Kier molecular flexibility index (Phi) is 4.97. The van der Waals surface area contributed by atoms with Crippen LogP contribution in [0.15, 0.2) is 18.2 Å². The molecule has 1 aromatic carbocycles. The molecule has 0 aliphatic heterocycles. The largest absolute Gasteiger partial charge is 0.368 e. The van der Waals surface area contributed by atoms with Crippen molar-refractivity contribution in [3.05, 3.63) is 35.4 Å². The van der Waals surface area contributed by atoms with Gasteiger partial charge in [-0.2, -0.15) is 0 Å². The van der Waals surface area contributed by atoms with Crippen LogP contribution < -0.4 is 11.1 Å². The van der Waals surface area contributed by atoms with E-state index in [0.29, 0.717) is 12.5 Å². The summed E-state index contributed by atoms with van der Waals surface area (Å²) in [6.45, 7) is 3.72. The third-order valence-corrected chi connectivity index (χ3v) is 2.53. The van der Waals surface area contributed by atoms with E-state index in [-0.39, 0.29) is 11.5 Å². The van der Waals surface area contributed by atoms with Crippen LogP contribution in [-0.4, -0.2) is 17.9 Å². The minimum atomic E-state index is -0.981. The number of rotatable bonds is 5. The number of carbonyl (C=O) groups is 2. The molecule has 0 aromatic heterocycles. The number of nitrogens with one attached hydrogen (secondary N) is 1. The summed E-state index contributed by atoms with van der Waals surface area (Å²) in [6, 6.07) is 1.72. The van der Waals surface area contributed by atoms with Crippen molar-refractivity contribution in [2.24, 2.45) is 11.7 Å². The normalized spacial score (nSPS) is 12.3. The van der Waals surface area contributed by atoms with Gasteiger partial charge in [0.1, 0.15) is 17.7 Å². The van der Waals surface area contributed by atoms with Gasteiger partial charge in [-0.05, 0) is 24.5 Å². The predicted octanol–water partition coefficient (Wildman–Crippen LogP) is 1.59. The highest BCUT2D eigenvalue weighted by atomic mass is 19.1. The third kappa shape index (κ3) is 4.31. The molecule has 4 nitrogen and oxygen atoms in total. The van der Waals surface area contributed by atoms with E-state index in [0.717, 1.165) is 12.1 Å². The van der Waals surface area contributed by atoms with Crippen molar-refractivity contribution in [2.45, 2.75) is 26.3 Å². The van der Waals surface area contributed by atoms with E-state index in [1.54, 1.807) is 0 Å². The molecule has 0 saturated heterocycles. The number of carbonyl (C=O) groups excluding carboxylic acids is 2. The summed E-state index contributed by atoms with van der Waals surface area (Å²) in [5.74, 6) is -3.10. The zero-order valence-electron chi connectivity index (χ0n) is 10.7. The first-order chi connectivity index (χ1) is 8.81. The van der Waals surface area contributed by atoms with E-state index in [1.165, 1.54) is 0 Å². The number of amides is 2. The Labute approximate surface area is 110 Å². The van der Waals surface area contributed by atoms with Gasteiger partial charge in [0, 0.05) is 6.07 Å². The summed E-state index contributed by atoms with van der Waals surface area (Å²) in [7, 11) is 0. The fourth-order valence-electron chi connectivity index (χ4n) is 1.63. The van der Waals surface area contributed by atoms with Gasteiger partial charge in [0.05, 0.1) is 5.56 Å². The maximum Gasteiger partial charge on any atom is 0.254 e. The molecule has 0 spiro atoms. The number of benzene rings is 1. The fraction of sp³-hybridized carbons (Fsp3) is 0.385. The van der Waals surface area contributed by atoms with Crippen LogP contribution in [0.5, 0.6) is 0 Å². The highest BCUT2D eigenvalue weighted by Crippen LogP contribution is 2.11. The van der Waals surface area contributed by atoms with Crippen LogP contribution in [0.2, 0.25) is 0 Å². The van der Waals surface area contributed by atoms with Crippen LogP contribution in [0.3, 0.4) is 0 Å². The number of hydrogen-bond acceptors (Lipinski definition) is 2. The number of primary amides is 1. The van der Waals surface area contributed by atoms with Gasteiger partial charge in [-0.25, -0.2) is 8.78 Å². The van der Waals surface area contributed by atoms with Crippen LogP contribution in [0.1, 0.15) is 30.6 Å². The van der Waals surface area contributed by atoms with Gasteiger partial charge < -0.3 is 11.1 Å². The second kappa shape index (κ2) is 6.26. The molecule has 3 N–H and O–H groups in total. The molecule has 0 unspecified atom stereocenters. The molecule has 0 aliphatic rings. The predicted molar refractivity (Wildman–Crippen MR) is 66.3 cm³/mol. The summed E-state index contributed by atoms with van der Waals surface area (Å²) < 4.78 is 26.1. The first kappa shape index (κ1) is 15.1. The molecule has 1 aromatic rings. The van der Waals surface area contributed by atoms with Gasteiger partial charge in [0.2, 0.25) is 5.91 Å². The molecule has 104 valence electrons. The Bertz CT molecular complexity index is 490. The highest BCUT2D eigenvalue weighted by Gasteiger charge is 2.21. The molecular weight excluding hydrogens is 254 g/mol. The third-order valence-electron chi connectivity index (χ3n) is 2.53. The molecular formula is C13H16F2N2O2. The smallest absolute Gasteiger partial charge is 0.254 e. The van der Waals surface area contributed by atoms with E-state index >= 15 is 0 Å². The SMILES string of the molecule is CC(C)C[C@@H](NC(=O)c1ccc(F)cc1F)C(N)=O. The Morgan fingerprint density at radius 1 is 1.32 bits per heavy atom. The molecule has 6 heteroatoms. The molecule has 0 fully saturated rings. The number of nitrogens with two attached hydrogens (primary N) is 1. The minimum absolute atomic E-state index is 0.135. The van der Waals surface area contributed by atoms with Crippen molar-refractivity contribution in [1.82, 2.24) is 5.32 Å². The molecule has 0 saturated carbocycles. The van der Waals surface area contributed by atoms with Crippen molar-refractivity contribution >= 4 is 11.8 Å². The van der Waals surface area contributed by atoms with Crippen molar-refractivity contribution in [1.29, 1.82) is 0 Å². The van der Waals surface area contributed by atoms with Gasteiger partial charge >= 0.3 is 0 Å². The van der Waals surface area contributed by atoms with Crippen LogP contribution in [0, 0.1) is 17.6 Å². The second-order valence-corrected chi connectivity index (χ2v) is 4.68. The maximum atomic E-state index is 13.4. The lowest BCUT2D eigenvalue weighted by molar-refractivity contribution is -0.120. The van der Waals surface area contributed by atoms with Gasteiger partial charge in [-0.1, -0.05) is 13.8 Å². The molecule has 0 aliphatic carbocycles. The van der Waals surface area contributed by atoms with E-state index in [4.69, 9.17) is 5.73 Å². The topological polar surface area (TPSA) is 72.2 Å². The fourth-order valence-corrected chi connectivity index (χ4v) is 1.63. The van der Waals surface area contributed by atoms with Crippen LogP contribution >= 0.6 is 0 Å². The molecule has 19 heavy (non-hydrogen) atoms. The van der Waals surface area contributed by atoms with Crippen molar-refractivity contribution < 1.29 is 18.4 Å². The van der Waals surface area contributed by atoms with Crippen LogP contribution in [0.4, 0.5) is 8.78 Å². The Morgan fingerprint density at radius 2 is 1.95 bits per heavy atom. The first-order valence-corrected chi connectivity index (χ1v) is 5.86. The molecule has 0 bridgehead atoms. The number of hydrogen-bond donors (Lipinski definition) is 2. The van der Waals surface area contributed by atoms with Gasteiger partial charge in [-0.15, -0.1) is 0 Å². The zero-order valence-corrected chi connectivity index (χ0v) is 10.7. The van der Waals surface area contributed by atoms with Crippen LogP contribution in [-0.2, 0) is 4.79 Å². The first-order valence-electron chi connectivity index (χ1n) is 5.86. The standard InChI is InChI=1S/C13H16F2N2O2/c1-7(2)5-11(12(16)18)17-13(19)9-4-3-8(14)6-10(9)15/h3-4,6-7,11H,5H2,1-2H3,(H2,16,18)(H,17,19)/t11-/m1/s1. The molecule has 0 heterocycles. The van der Waals surface area contributed by atoms with Crippen molar-refractivity contribution in [3.8, 4) is 0 Å². The minimum Gasteiger partial charge on any atom is -0.368 e. The summed E-state index contributed by atoms with van der Waals surface area (Å²) in [5.41, 5.74) is 4.84. The van der Waals surface area contributed by atoms with E-state index < -0.39 is 29.5 Å². The van der Waals surface area contributed by atoms with Gasteiger partial charge in [0.25, 0.3) is 5.91 Å². The molecule has 1 rings (SSSR count). The maximum absolute atomic E-state index is 13.4. The van der Waals surface area contributed by atoms with Crippen molar-refractivity contribution in [3.63, 3.8) is 0 Å². The summed E-state index contributed by atoms with van der Waals surface area (Å²) >= 11 is 0. The quantitative estimate of drug-likeness (QED) is 0.853. The molecule has 1 atom stereocenters. The Hall–Kier alpha value is -1.98. The molecule has 2 amide bonds.